The van der Waals surface area contributed by atoms with Gasteiger partial charge in [0, 0.05) is 10.0 Å². The van der Waals surface area contributed by atoms with Gasteiger partial charge >= 0.3 is 18.0 Å². The van der Waals surface area contributed by atoms with Crippen LogP contribution in [0.3, 0.4) is 0 Å². The first kappa shape index (κ1) is 23.5. The summed E-state index contributed by atoms with van der Waals surface area (Å²) in [4.78, 5) is 50.2. The number of nitrogens with zero attached hydrogens (tertiary/aromatic N) is 1. The fraction of sp³-hybridized carbons (Fsp3) is 0.0909. The molecule has 4 rings (SSSR count). The number of amides is 3. The number of carbonyl (C=O) groups excluding carboxylic acids is 4. The van der Waals surface area contributed by atoms with Crippen molar-refractivity contribution in [3.8, 4) is 5.75 Å². The molecule has 174 valence electrons. The van der Waals surface area contributed by atoms with Gasteiger partial charge in [-0.25, -0.2) is 14.4 Å². The van der Waals surface area contributed by atoms with Crippen LogP contribution in [0.15, 0.2) is 66.1 Å². The maximum absolute atomic E-state index is 12.9. The van der Waals surface area contributed by atoms with Crippen molar-refractivity contribution >= 4 is 61.8 Å². The van der Waals surface area contributed by atoms with Crippen molar-refractivity contribution < 1.29 is 37.5 Å². The van der Waals surface area contributed by atoms with Gasteiger partial charge in [-0.2, -0.15) is 0 Å². The van der Waals surface area contributed by atoms with Crippen LogP contribution in [0.1, 0.15) is 32.4 Å². The molecule has 1 aliphatic heterocycles. The topological polar surface area (TPSA) is 128 Å². The molecule has 2 aromatic heterocycles. The molecule has 10 nitrogen and oxygen atoms in total. The number of carbonyl (C=O) groups is 4. The van der Waals surface area contributed by atoms with Crippen molar-refractivity contribution in [2.45, 2.75) is 6.54 Å². The highest BCUT2D eigenvalue weighted by Gasteiger charge is 2.35. The number of esters is 2. The van der Waals surface area contributed by atoms with E-state index in [1.54, 1.807) is 18.2 Å². The lowest BCUT2D eigenvalue weighted by molar-refractivity contribution is -0.123. The van der Waals surface area contributed by atoms with Gasteiger partial charge in [0.15, 0.2) is 5.75 Å². The van der Waals surface area contributed by atoms with E-state index >= 15 is 0 Å². The molecule has 3 heterocycles. The third kappa shape index (κ3) is 4.82. The molecule has 0 atom stereocenters. The van der Waals surface area contributed by atoms with Gasteiger partial charge in [0.2, 0.25) is 11.5 Å². The van der Waals surface area contributed by atoms with Crippen LogP contribution >= 0.6 is 31.9 Å². The average Bonchev–Trinajstić information content (AvgIpc) is 3.54. The fourth-order valence-corrected chi connectivity index (χ4v) is 4.37. The summed E-state index contributed by atoms with van der Waals surface area (Å²) >= 11 is 6.70. The molecule has 1 fully saturated rings. The van der Waals surface area contributed by atoms with Crippen LogP contribution in [-0.2, 0) is 16.1 Å². The summed E-state index contributed by atoms with van der Waals surface area (Å²) in [5.41, 5.74) is 0.280. The van der Waals surface area contributed by atoms with Gasteiger partial charge in [0.25, 0.3) is 5.91 Å². The molecule has 1 N–H and O–H groups in total. The summed E-state index contributed by atoms with van der Waals surface area (Å²) in [5.74, 6) is -1.79. The average molecular weight is 594 g/mol. The molecule has 1 saturated heterocycles. The van der Waals surface area contributed by atoms with Gasteiger partial charge in [-0.15, -0.1) is 0 Å². The summed E-state index contributed by atoms with van der Waals surface area (Å²) in [6, 6.07) is 8.43. The molecule has 3 aromatic rings. The molecule has 1 aromatic carbocycles. The highest BCUT2D eigenvalue weighted by atomic mass is 79.9. The minimum absolute atomic E-state index is 0.00499. The summed E-state index contributed by atoms with van der Waals surface area (Å²) < 4.78 is 21.5. The molecule has 0 bridgehead atoms. The van der Waals surface area contributed by atoms with E-state index in [1.807, 2.05) is 0 Å². The van der Waals surface area contributed by atoms with Crippen molar-refractivity contribution in [3.63, 3.8) is 0 Å². The Bertz CT molecular complexity index is 1330. The number of methoxy groups -OCH3 is 1. The number of imide groups is 1. The number of hydrogen-bond acceptors (Lipinski definition) is 8. The molecular formula is C22H14Br2N2O8. The van der Waals surface area contributed by atoms with E-state index in [9.17, 15) is 19.2 Å². The van der Waals surface area contributed by atoms with Gasteiger partial charge in [-0.3, -0.25) is 9.69 Å². The van der Waals surface area contributed by atoms with Crippen molar-refractivity contribution in [1.82, 2.24) is 10.2 Å². The number of hydrogen-bond donors (Lipinski definition) is 1. The first-order valence-electron chi connectivity index (χ1n) is 9.53. The van der Waals surface area contributed by atoms with Crippen LogP contribution in [0.4, 0.5) is 4.79 Å². The summed E-state index contributed by atoms with van der Waals surface area (Å²) in [5, 5.41) is 2.49. The molecule has 34 heavy (non-hydrogen) atoms. The van der Waals surface area contributed by atoms with Crippen LogP contribution in [0.25, 0.3) is 6.08 Å². The van der Waals surface area contributed by atoms with E-state index in [-0.39, 0.29) is 35.3 Å². The van der Waals surface area contributed by atoms with E-state index < -0.39 is 23.9 Å². The third-order valence-electron chi connectivity index (χ3n) is 4.58. The molecule has 0 spiro atoms. The Kier molecular flexibility index (Phi) is 6.70. The van der Waals surface area contributed by atoms with E-state index in [4.69, 9.17) is 13.6 Å². The zero-order valence-electron chi connectivity index (χ0n) is 17.3. The standard InChI is InChI=1S/C22H14Br2N2O8/c1-31-20(28)17-5-4-13(33-17)10-26-19(27)15(25-22(26)30)8-11-7-12(23)9-14(24)18(11)34-21(29)16-3-2-6-32-16/h2-9H,10H2,1H3,(H,25,30)/b15-8+. The monoisotopic (exact) mass is 592 g/mol. The van der Waals surface area contributed by atoms with E-state index in [0.29, 0.717) is 14.5 Å². The third-order valence-corrected chi connectivity index (χ3v) is 5.63. The Hall–Kier alpha value is -3.64. The predicted molar refractivity (Wildman–Crippen MR) is 123 cm³/mol. The van der Waals surface area contributed by atoms with E-state index in [1.165, 1.54) is 37.6 Å². The van der Waals surface area contributed by atoms with Crippen molar-refractivity contribution in [3.05, 3.63) is 80.1 Å². The first-order chi connectivity index (χ1) is 16.3. The maximum atomic E-state index is 12.9. The van der Waals surface area contributed by atoms with Crippen molar-refractivity contribution in [2.75, 3.05) is 7.11 Å². The van der Waals surface area contributed by atoms with Crippen LogP contribution in [0.2, 0.25) is 0 Å². The van der Waals surface area contributed by atoms with Crippen LogP contribution in [0.5, 0.6) is 5.75 Å². The zero-order valence-corrected chi connectivity index (χ0v) is 20.5. The van der Waals surface area contributed by atoms with Gasteiger partial charge < -0.3 is 23.6 Å². The Morgan fingerprint density at radius 2 is 1.91 bits per heavy atom. The quantitative estimate of drug-likeness (QED) is 0.191. The lowest BCUT2D eigenvalue weighted by atomic mass is 10.1. The summed E-state index contributed by atoms with van der Waals surface area (Å²) in [6.45, 7) is -0.207. The lowest BCUT2D eigenvalue weighted by Crippen LogP contribution is -2.30. The second-order valence-corrected chi connectivity index (χ2v) is 8.58. The Balaban J connectivity index is 1.60. The summed E-state index contributed by atoms with van der Waals surface area (Å²) in [7, 11) is 1.21. The highest BCUT2D eigenvalue weighted by Crippen LogP contribution is 2.35. The minimum Gasteiger partial charge on any atom is -0.463 e. The highest BCUT2D eigenvalue weighted by molar-refractivity contribution is 9.11. The SMILES string of the molecule is COC(=O)c1ccc(CN2C(=O)N/C(=C/c3cc(Br)cc(Br)c3OC(=O)c3ccco3)C2=O)o1. The lowest BCUT2D eigenvalue weighted by Gasteiger charge is -2.11. The van der Waals surface area contributed by atoms with E-state index in [2.05, 4.69) is 41.9 Å². The fourth-order valence-electron chi connectivity index (χ4n) is 3.03. The number of nitrogens with one attached hydrogen (secondary N) is 1. The zero-order chi connectivity index (χ0) is 24.4. The van der Waals surface area contributed by atoms with Crippen LogP contribution in [0, 0.1) is 0 Å². The molecule has 3 amide bonds. The molecule has 1 aliphatic rings. The molecule has 0 aliphatic carbocycles. The van der Waals surface area contributed by atoms with Gasteiger partial charge in [0.1, 0.15) is 11.5 Å². The van der Waals surface area contributed by atoms with Gasteiger partial charge in [-0.05, 0) is 58.4 Å². The molecule has 0 radical (unpaired) electrons. The predicted octanol–water partition coefficient (Wildman–Crippen LogP) is 4.50. The van der Waals surface area contributed by atoms with Gasteiger partial charge in [0.05, 0.1) is 24.4 Å². The Morgan fingerprint density at radius 1 is 1.12 bits per heavy atom. The maximum Gasteiger partial charge on any atom is 0.379 e. The van der Waals surface area contributed by atoms with Crippen LogP contribution < -0.4 is 10.1 Å². The Morgan fingerprint density at radius 3 is 2.62 bits per heavy atom. The van der Waals surface area contributed by atoms with Crippen molar-refractivity contribution in [2.24, 2.45) is 0 Å². The van der Waals surface area contributed by atoms with Gasteiger partial charge in [-0.1, -0.05) is 15.9 Å². The smallest absolute Gasteiger partial charge is 0.379 e. The van der Waals surface area contributed by atoms with Crippen molar-refractivity contribution in [1.29, 1.82) is 0 Å². The first-order valence-corrected chi connectivity index (χ1v) is 11.1. The summed E-state index contributed by atoms with van der Waals surface area (Å²) in [6.07, 6.45) is 2.72. The largest absolute Gasteiger partial charge is 0.463 e. The molecule has 12 heteroatoms. The second-order valence-electron chi connectivity index (χ2n) is 6.81. The van der Waals surface area contributed by atoms with Crippen LogP contribution in [-0.4, -0.2) is 35.9 Å². The number of furan rings is 2. The molecule has 0 unspecified atom stereocenters. The second kappa shape index (κ2) is 9.69. The Labute approximate surface area is 208 Å². The number of benzene rings is 1. The number of rotatable bonds is 6. The minimum atomic E-state index is -0.740. The number of ether oxygens (including phenoxy) is 2. The number of urea groups is 1. The van der Waals surface area contributed by atoms with E-state index in [0.717, 1.165) is 4.90 Å². The number of halogens is 2. The normalized spacial score (nSPS) is 14.4. The molecular weight excluding hydrogens is 580 g/mol. The molecule has 0 saturated carbocycles.